The number of Topliss-reactive ketones (excluding diaryl/α,β-unsaturated/α-hetero) is 1. The van der Waals surface area contributed by atoms with Gasteiger partial charge in [-0.05, 0) is 37.3 Å². The first-order valence-electron chi connectivity index (χ1n) is 6.26. The number of hydrogen-bond donors (Lipinski definition) is 1. The molecule has 0 saturated heterocycles. The Kier molecular flexibility index (Phi) is 2.43. The summed E-state index contributed by atoms with van der Waals surface area (Å²) in [6, 6.07) is 6.10. The average Bonchev–Trinajstić information content (AvgIpc) is 2.26. The molecule has 16 heavy (non-hydrogen) atoms. The third kappa shape index (κ3) is 1.53. The molecular weight excluding hydrogens is 198 g/mol. The standard InChI is InChI=1S/C14H17NO/c16-14(10-4-1-5-10)12-6-2-8-13-11(12)7-3-9-15-13/h2,6,8,10,15H,1,3-5,7,9H2. The maximum absolute atomic E-state index is 12.3. The quantitative estimate of drug-likeness (QED) is 0.768. The van der Waals surface area contributed by atoms with Gasteiger partial charge in [0.15, 0.2) is 5.78 Å². The maximum atomic E-state index is 12.3. The molecule has 0 bridgehead atoms. The fraction of sp³-hybridized carbons (Fsp3) is 0.500. The Bertz CT molecular complexity index is 421. The van der Waals surface area contributed by atoms with Gasteiger partial charge in [-0.15, -0.1) is 0 Å². The Hall–Kier alpha value is -1.31. The zero-order valence-corrected chi connectivity index (χ0v) is 9.46. The lowest BCUT2D eigenvalue weighted by atomic mass is 9.78. The Morgan fingerprint density at radius 1 is 1.25 bits per heavy atom. The molecule has 3 rings (SSSR count). The van der Waals surface area contributed by atoms with Gasteiger partial charge in [-0.1, -0.05) is 18.6 Å². The van der Waals surface area contributed by atoms with Gasteiger partial charge in [0.2, 0.25) is 0 Å². The fourth-order valence-corrected chi connectivity index (χ4v) is 2.63. The molecule has 2 nitrogen and oxygen atoms in total. The van der Waals surface area contributed by atoms with Gasteiger partial charge in [-0.3, -0.25) is 4.79 Å². The number of benzene rings is 1. The Morgan fingerprint density at radius 2 is 2.12 bits per heavy atom. The molecule has 0 spiro atoms. The highest BCUT2D eigenvalue weighted by molar-refractivity contribution is 6.00. The lowest BCUT2D eigenvalue weighted by molar-refractivity contribution is 0.0854. The van der Waals surface area contributed by atoms with Crippen molar-refractivity contribution in [2.75, 3.05) is 11.9 Å². The van der Waals surface area contributed by atoms with Crippen molar-refractivity contribution in [1.82, 2.24) is 0 Å². The Morgan fingerprint density at radius 3 is 2.88 bits per heavy atom. The van der Waals surface area contributed by atoms with Gasteiger partial charge in [-0.2, -0.15) is 0 Å². The summed E-state index contributed by atoms with van der Waals surface area (Å²) in [7, 11) is 0. The van der Waals surface area contributed by atoms with Crippen LogP contribution in [0.4, 0.5) is 5.69 Å². The van der Waals surface area contributed by atoms with Crippen molar-refractivity contribution in [3.63, 3.8) is 0 Å². The van der Waals surface area contributed by atoms with Crippen molar-refractivity contribution < 1.29 is 4.79 Å². The van der Waals surface area contributed by atoms with E-state index in [9.17, 15) is 4.79 Å². The molecule has 1 aromatic rings. The number of nitrogens with one attached hydrogen (secondary N) is 1. The zero-order chi connectivity index (χ0) is 11.0. The smallest absolute Gasteiger partial charge is 0.166 e. The summed E-state index contributed by atoms with van der Waals surface area (Å²) in [6.45, 7) is 1.04. The van der Waals surface area contributed by atoms with Crippen molar-refractivity contribution in [3.05, 3.63) is 29.3 Å². The molecule has 1 fully saturated rings. The minimum Gasteiger partial charge on any atom is -0.385 e. The van der Waals surface area contributed by atoms with Gasteiger partial charge in [0.1, 0.15) is 0 Å². The molecule has 1 aromatic carbocycles. The van der Waals surface area contributed by atoms with E-state index in [1.807, 2.05) is 12.1 Å². The second-order valence-electron chi connectivity index (χ2n) is 4.85. The van der Waals surface area contributed by atoms with Gasteiger partial charge in [0, 0.05) is 23.7 Å². The predicted molar refractivity (Wildman–Crippen MR) is 64.9 cm³/mol. The first kappa shape index (κ1) is 9.88. The molecule has 2 heteroatoms. The third-order valence-corrected chi connectivity index (χ3v) is 3.84. The van der Waals surface area contributed by atoms with E-state index >= 15 is 0 Å². The van der Waals surface area contributed by atoms with Crippen molar-refractivity contribution in [1.29, 1.82) is 0 Å². The van der Waals surface area contributed by atoms with Crippen LogP contribution in [0.3, 0.4) is 0 Å². The minimum absolute atomic E-state index is 0.313. The van der Waals surface area contributed by atoms with Gasteiger partial charge in [-0.25, -0.2) is 0 Å². The summed E-state index contributed by atoms with van der Waals surface area (Å²) in [6.07, 6.45) is 5.61. The molecular formula is C14H17NO. The largest absolute Gasteiger partial charge is 0.385 e. The topological polar surface area (TPSA) is 29.1 Å². The van der Waals surface area contributed by atoms with E-state index in [1.165, 1.54) is 17.7 Å². The second kappa shape index (κ2) is 3.93. The van der Waals surface area contributed by atoms with Crippen molar-refractivity contribution in [3.8, 4) is 0 Å². The molecule has 0 radical (unpaired) electrons. The van der Waals surface area contributed by atoms with Crippen LogP contribution in [-0.4, -0.2) is 12.3 Å². The molecule has 0 unspecified atom stereocenters. The molecule has 0 amide bonds. The second-order valence-corrected chi connectivity index (χ2v) is 4.85. The first-order valence-corrected chi connectivity index (χ1v) is 6.26. The summed E-state index contributed by atoms with van der Waals surface area (Å²) in [5, 5.41) is 3.38. The molecule has 1 aliphatic carbocycles. The summed E-state index contributed by atoms with van der Waals surface area (Å²) in [4.78, 5) is 12.3. The van der Waals surface area contributed by atoms with Crippen LogP contribution in [0.25, 0.3) is 0 Å². The van der Waals surface area contributed by atoms with Crippen LogP contribution in [-0.2, 0) is 6.42 Å². The number of rotatable bonds is 2. The SMILES string of the molecule is O=C(c1cccc2c1CCCN2)C1CCC1. The Balaban J connectivity index is 1.96. The van der Waals surface area contributed by atoms with Crippen molar-refractivity contribution >= 4 is 11.5 Å². The molecule has 0 atom stereocenters. The molecule has 1 saturated carbocycles. The van der Waals surface area contributed by atoms with E-state index in [1.54, 1.807) is 0 Å². The summed E-state index contributed by atoms with van der Waals surface area (Å²) < 4.78 is 0. The number of carbonyl (C=O) groups excluding carboxylic acids is 1. The molecule has 1 N–H and O–H groups in total. The van der Waals surface area contributed by atoms with E-state index in [2.05, 4.69) is 11.4 Å². The van der Waals surface area contributed by atoms with Crippen LogP contribution in [0, 0.1) is 5.92 Å². The predicted octanol–water partition coefficient (Wildman–Crippen LogP) is 3.03. The zero-order valence-electron chi connectivity index (χ0n) is 9.46. The number of hydrogen-bond acceptors (Lipinski definition) is 2. The van der Waals surface area contributed by atoms with Gasteiger partial charge in [0.05, 0.1) is 0 Å². The molecule has 1 heterocycles. The van der Waals surface area contributed by atoms with Crippen molar-refractivity contribution in [2.24, 2.45) is 5.92 Å². The van der Waals surface area contributed by atoms with E-state index < -0.39 is 0 Å². The van der Waals surface area contributed by atoms with Gasteiger partial charge >= 0.3 is 0 Å². The van der Waals surface area contributed by atoms with E-state index in [-0.39, 0.29) is 0 Å². The van der Waals surface area contributed by atoms with Crippen LogP contribution in [0.2, 0.25) is 0 Å². The summed E-state index contributed by atoms with van der Waals surface area (Å²) in [5.41, 5.74) is 3.41. The highest BCUT2D eigenvalue weighted by Crippen LogP contribution is 2.33. The average molecular weight is 215 g/mol. The summed E-state index contributed by atoms with van der Waals surface area (Å²) >= 11 is 0. The van der Waals surface area contributed by atoms with Crippen LogP contribution < -0.4 is 5.32 Å². The molecule has 2 aliphatic rings. The van der Waals surface area contributed by atoms with E-state index in [4.69, 9.17) is 0 Å². The summed E-state index contributed by atoms with van der Waals surface area (Å²) in [5.74, 6) is 0.695. The van der Waals surface area contributed by atoms with E-state index in [0.29, 0.717) is 11.7 Å². The minimum atomic E-state index is 0.313. The number of carbonyl (C=O) groups is 1. The van der Waals surface area contributed by atoms with E-state index in [0.717, 1.165) is 37.8 Å². The highest BCUT2D eigenvalue weighted by atomic mass is 16.1. The number of anilines is 1. The lowest BCUT2D eigenvalue weighted by Gasteiger charge is -2.27. The van der Waals surface area contributed by atoms with Gasteiger partial charge < -0.3 is 5.32 Å². The number of fused-ring (bicyclic) bond motifs is 1. The van der Waals surface area contributed by atoms with Crippen LogP contribution in [0.1, 0.15) is 41.6 Å². The molecule has 84 valence electrons. The van der Waals surface area contributed by atoms with Gasteiger partial charge in [0.25, 0.3) is 0 Å². The van der Waals surface area contributed by atoms with Crippen molar-refractivity contribution in [2.45, 2.75) is 32.1 Å². The Labute approximate surface area is 96.1 Å². The molecule has 0 aromatic heterocycles. The fourth-order valence-electron chi connectivity index (χ4n) is 2.63. The van der Waals surface area contributed by atoms with Crippen LogP contribution >= 0.6 is 0 Å². The highest BCUT2D eigenvalue weighted by Gasteiger charge is 2.28. The third-order valence-electron chi connectivity index (χ3n) is 3.84. The maximum Gasteiger partial charge on any atom is 0.166 e. The first-order chi connectivity index (χ1) is 7.86. The van der Waals surface area contributed by atoms with Crippen LogP contribution in [0.5, 0.6) is 0 Å². The van der Waals surface area contributed by atoms with Crippen LogP contribution in [0.15, 0.2) is 18.2 Å². The number of ketones is 1. The lowest BCUT2D eigenvalue weighted by Crippen LogP contribution is -2.24. The molecule has 1 aliphatic heterocycles. The normalized spacial score (nSPS) is 19.5. The monoisotopic (exact) mass is 215 g/mol.